The number of para-hydroxylation sites is 1. The summed E-state index contributed by atoms with van der Waals surface area (Å²) in [4.78, 5) is 37.4. The van der Waals surface area contributed by atoms with E-state index in [1.54, 1.807) is 24.5 Å². The van der Waals surface area contributed by atoms with Gasteiger partial charge in [0.1, 0.15) is 18.0 Å². The minimum absolute atomic E-state index is 0.183. The van der Waals surface area contributed by atoms with Gasteiger partial charge < -0.3 is 14.4 Å². The quantitative estimate of drug-likeness (QED) is 0.419. The van der Waals surface area contributed by atoms with Crippen molar-refractivity contribution in [3.63, 3.8) is 0 Å². The molecule has 34 heavy (non-hydrogen) atoms. The Kier molecular flexibility index (Phi) is 8.17. The topological polar surface area (TPSA) is 149 Å². The van der Waals surface area contributed by atoms with Crippen LogP contribution in [0.25, 0.3) is 0 Å². The van der Waals surface area contributed by atoms with Crippen molar-refractivity contribution in [1.29, 1.82) is 0 Å². The third kappa shape index (κ3) is 5.85. The molecule has 1 aliphatic heterocycles. The van der Waals surface area contributed by atoms with Crippen LogP contribution in [0.2, 0.25) is 0 Å². The van der Waals surface area contributed by atoms with Crippen LogP contribution in [0.1, 0.15) is 20.1 Å². The van der Waals surface area contributed by atoms with Crippen molar-refractivity contribution >= 4 is 24.6 Å². The standard InChI is InChI=1S/C20H25FN3O8PS/c1-12(17(27)34-3)23-33(29,32-13-7-5-4-6-8-13)30-11-14-16(26)20(2,21)18(31-14)24-10-9-15(25)22-19(24)28/h4-10,12,14,16,18,26H,11H2,1-3H3,(H,23,29)(H,22,25,28)/t12-,14+,16+,18+,20+,33?/m0/s1. The van der Waals surface area contributed by atoms with Gasteiger partial charge in [-0.3, -0.25) is 23.7 Å². The zero-order valence-corrected chi connectivity index (χ0v) is 20.3. The van der Waals surface area contributed by atoms with Crippen LogP contribution in [0, 0.1) is 0 Å². The molecule has 11 nitrogen and oxygen atoms in total. The normalized spacial score (nSPS) is 27.1. The molecule has 1 saturated heterocycles. The van der Waals surface area contributed by atoms with E-state index < -0.39 is 55.7 Å². The van der Waals surface area contributed by atoms with Gasteiger partial charge in [0.2, 0.25) is 5.12 Å². The maximum atomic E-state index is 15.4. The molecule has 0 amide bonds. The number of thioether (sulfide) groups is 1. The lowest BCUT2D eigenvalue weighted by molar-refractivity contribution is -0.112. The summed E-state index contributed by atoms with van der Waals surface area (Å²) in [6.45, 7) is 1.89. The zero-order chi connectivity index (χ0) is 25.1. The van der Waals surface area contributed by atoms with Crippen LogP contribution in [0.4, 0.5) is 4.39 Å². The van der Waals surface area contributed by atoms with E-state index in [4.69, 9.17) is 13.8 Å². The van der Waals surface area contributed by atoms with E-state index in [2.05, 4.69) is 5.09 Å². The molecule has 1 aromatic heterocycles. The van der Waals surface area contributed by atoms with Crippen LogP contribution < -0.4 is 20.9 Å². The lowest BCUT2D eigenvalue weighted by atomic mass is 9.98. The highest BCUT2D eigenvalue weighted by Crippen LogP contribution is 2.47. The van der Waals surface area contributed by atoms with Crippen LogP contribution in [0.5, 0.6) is 5.75 Å². The SMILES string of the molecule is CSC(=O)[C@H](C)NP(=O)(OC[C@H]1O[C@@H](n2ccc(=O)[nH]c2=O)[C@](C)(F)[C@@H]1O)Oc1ccccc1. The van der Waals surface area contributed by atoms with Gasteiger partial charge in [0, 0.05) is 12.3 Å². The van der Waals surface area contributed by atoms with E-state index in [-0.39, 0.29) is 10.9 Å². The van der Waals surface area contributed by atoms with Gasteiger partial charge in [0.05, 0.1) is 12.6 Å². The number of ether oxygens (including phenoxy) is 1. The van der Waals surface area contributed by atoms with Crippen LogP contribution in [-0.4, -0.2) is 56.6 Å². The second-order valence-corrected chi connectivity index (χ2v) is 10.2. The Hall–Kier alpha value is -2.28. The van der Waals surface area contributed by atoms with Crippen LogP contribution in [-0.2, 0) is 18.6 Å². The van der Waals surface area contributed by atoms with Crippen molar-refractivity contribution in [2.24, 2.45) is 0 Å². The Morgan fingerprint density at radius 3 is 2.68 bits per heavy atom. The second-order valence-electron chi connectivity index (χ2n) is 7.71. The number of rotatable bonds is 9. The smallest absolute Gasteiger partial charge is 0.413 e. The first-order valence-corrected chi connectivity index (χ1v) is 12.9. The molecule has 1 unspecified atom stereocenters. The summed E-state index contributed by atoms with van der Waals surface area (Å²) < 4.78 is 46.1. The Morgan fingerprint density at radius 1 is 1.38 bits per heavy atom. The van der Waals surface area contributed by atoms with Gasteiger partial charge in [-0.15, -0.1) is 0 Å². The molecular weight excluding hydrogens is 492 g/mol. The number of benzene rings is 1. The molecule has 1 aliphatic rings. The van der Waals surface area contributed by atoms with Crippen molar-refractivity contribution in [3.05, 3.63) is 63.4 Å². The van der Waals surface area contributed by atoms with E-state index in [1.807, 2.05) is 4.98 Å². The summed E-state index contributed by atoms with van der Waals surface area (Å²) in [5.41, 5.74) is -4.07. The lowest BCUT2D eigenvalue weighted by Crippen LogP contribution is -2.43. The summed E-state index contributed by atoms with van der Waals surface area (Å²) in [7, 11) is -4.21. The maximum absolute atomic E-state index is 15.4. The number of alkyl halides is 1. The van der Waals surface area contributed by atoms with Gasteiger partial charge in [-0.05, 0) is 32.2 Å². The minimum Gasteiger partial charge on any atom is -0.413 e. The van der Waals surface area contributed by atoms with Gasteiger partial charge in [0.15, 0.2) is 11.9 Å². The first-order chi connectivity index (χ1) is 16.0. The molecule has 3 N–H and O–H groups in total. The molecule has 1 fully saturated rings. The highest BCUT2D eigenvalue weighted by Gasteiger charge is 2.55. The van der Waals surface area contributed by atoms with Gasteiger partial charge in [-0.2, -0.15) is 0 Å². The van der Waals surface area contributed by atoms with Crippen LogP contribution in [0.3, 0.4) is 0 Å². The number of aliphatic hydroxyl groups is 1. The number of hydrogen-bond donors (Lipinski definition) is 3. The molecule has 1 aromatic carbocycles. The number of nitrogens with zero attached hydrogens (tertiary/aromatic N) is 1. The first kappa shape index (κ1) is 26.3. The fraction of sp³-hybridized carbons (Fsp3) is 0.450. The summed E-state index contributed by atoms with van der Waals surface area (Å²) in [5, 5.41) is 12.7. The number of carbonyl (C=O) groups is 1. The molecule has 0 saturated carbocycles. The van der Waals surface area contributed by atoms with Gasteiger partial charge >= 0.3 is 13.4 Å². The van der Waals surface area contributed by atoms with Gasteiger partial charge in [-0.1, -0.05) is 30.0 Å². The molecule has 186 valence electrons. The van der Waals surface area contributed by atoms with E-state index in [1.165, 1.54) is 19.1 Å². The van der Waals surface area contributed by atoms with Crippen molar-refractivity contribution in [1.82, 2.24) is 14.6 Å². The number of nitrogens with one attached hydrogen (secondary N) is 2. The number of aliphatic hydroxyl groups excluding tert-OH is 1. The van der Waals surface area contributed by atoms with E-state index in [0.717, 1.165) is 35.5 Å². The lowest BCUT2D eigenvalue weighted by Gasteiger charge is -2.25. The number of aromatic nitrogens is 2. The first-order valence-electron chi connectivity index (χ1n) is 10.2. The highest BCUT2D eigenvalue weighted by molar-refractivity contribution is 8.13. The number of aromatic amines is 1. The molecule has 3 rings (SSSR count). The predicted octanol–water partition coefficient (Wildman–Crippen LogP) is 1.59. The van der Waals surface area contributed by atoms with Crippen LogP contribution >= 0.6 is 19.5 Å². The van der Waals surface area contributed by atoms with Gasteiger partial charge in [0.25, 0.3) is 5.56 Å². The summed E-state index contributed by atoms with van der Waals surface area (Å²) in [6, 6.07) is 8.14. The Balaban J connectivity index is 1.80. The average molecular weight is 517 g/mol. The van der Waals surface area contributed by atoms with E-state index >= 15 is 4.39 Å². The van der Waals surface area contributed by atoms with Crippen molar-refractivity contribution in [2.75, 3.05) is 12.9 Å². The monoisotopic (exact) mass is 517 g/mol. The zero-order valence-electron chi connectivity index (χ0n) is 18.5. The van der Waals surface area contributed by atoms with Crippen molar-refractivity contribution < 1.29 is 32.6 Å². The van der Waals surface area contributed by atoms with Gasteiger partial charge in [-0.25, -0.2) is 18.8 Å². The molecule has 0 bridgehead atoms. The Labute approximate surface area is 198 Å². The maximum Gasteiger partial charge on any atom is 0.459 e. The fourth-order valence-corrected chi connectivity index (χ4v) is 5.32. The van der Waals surface area contributed by atoms with Crippen LogP contribution in [0.15, 0.2) is 52.2 Å². The van der Waals surface area contributed by atoms with Crippen molar-refractivity contribution in [2.45, 2.75) is 44.0 Å². The molecule has 6 atom stereocenters. The molecule has 0 spiro atoms. The fourth-order valence-electron chi connectivity index (χ4n) is 3.31. The molecule has 0 radical (unpaired) electrons. The number of hydrogen-bond acceptors (Lipinski definition) is 9. The summed E-state index contributed by atoms with van der Waals surface area (Å²) in [5.74, 6) is 0.183. The van der Waals surface area contributed by atoms with E-state index in [9.17, 15) is 24.1 Å². The molecule has 0 aliphatic carbocycles. The molecular formula is C20H25FN3O8PS. The largest absolute Gasteiger partial charge is 0.459 e. The number of halogens is 1. The minimum atomic E-state index is -4.21. The predicted molar refractivity (Wildman–Crippen MR) is 123 cm³/mol. The highest BCUT2D eigenvalue weighted by atomic mass is 32.2. The van der Waals surface area contributed by atoms with Crippen molar-refractivity contribution in [3.8, 4) is 5.75 Å². The summed E-state index contributed by atoms with van der Waals surface area (Å²) in [6.07, 6.45) is -2.14. The Bertz CT molecular complexity index is 1170. The third-order valence-electron chi connectivity index (χ3n) is 5.10. The summed E-state index contributed by atoms with van der Waals surface area (Å²) >= 11 is 0.918. The Morgan fingerprint density at radius 2 is 2.06 bits per heavy atom. The third-order valence-corrected chi connectivity index (χ3v) is 7.50. The number of carbonyl (C=O) groups excluding carboxylic acids is 1. The molecule has 14 heteroatoms. The second kappa shape index (κ2) is 10.5. The molecule has 2 aromatic rings. The van der Waals surface area contributed by atoms with E-state index in [0.29, 0.717) is 0 Å². The molecule has 2 heterocycles. The number of H-pyrrole nitrogens is 1. The average Bonchev–Trinajstić information content (AvgIpc) is 3.01.